The molecule has 1 fully saturated rings. The Kier molecular flexibility index (Phi) is 7.50. The van der Waals surface area contributed by atoms with Gasteiger partial charge in [-0.15, -0.1) is 0 Å². The first kappa shape index (κ1) is 17.6. The first-order valence-electron chi connectivity index (χ1n) is 8.12. The van der Waals surface area contributed by atoms with Gasteiger partial charge in [-0.1, -0.05) is 36.0 Å². The zero-order chi connectivity index (χ0) is 15.8. The number of amides is 1. The molecule has 1 N–H and O–H groups in total. The van der Waals surface area contributed by atoms with Gasteiger partial charge in [0.05, 0.1) is 10.6 Å². The standard InChI is InChI=1S/C17H24Cl2N2O/c18-14-7-8-15(16(19)13-14)17(22)20-9-3-1-4-10-21-11-5-2-6-12-21/h7-8,13H,1-6,9-12H2,(H,20,22). The van der Waals surface area contributed by atoms with Crippen molar-refractivity contribution in [2.75, 3.05) is 26.2 Å². The van der Waals surface area contributed by atoms with Crippen molar-refractivity contribution in [3.05, 3.63) is 33.8 Å². The zero-order valence-electron chi connectivity index (χ0n) is 12.9. The van der Waals surface area contributed by atoms with E-state index in [1.165, 1.54) is 45.3 Å². The van der Waals surface area contributed by atoms with Crippen LogP contribution >= 0.6 is 23.2 Å². The highest BCUT2D eigenvalue weighted by molar-refractivity contribution is 6.36. The minimum absolute atomic E-state index is 0.127. The van der Waals surface area contributed by atoms with Crippen molar-refractivity contribution < 1.29 is 4.79 Å². The van der Waals surface area contributed by atoms with E-state index in [0.29, 0.717) is 22.2 Å². The van der Waals surface area contributed by atoms with Gasteiger partial charge in [-0.05, 0) is 63.5 Å². The van der Waals surface area contributed by atoms with Crippen LogP contribution in [-0.2, 0) is 0 Å². The molecular weight excluding hydrogens is 319 g/mol. The van der Waals surface area contributed by atoms with Crippen LogP contribution in [0.5, 0.6) is 0 Å². The van der Waals surface area contributed by atoms with Gasteiger partial charge in [-0.25, -0.2) is 0 Å². The molecule has 1 aliphatic rings. The predicted molar refractivity (Wildman–Crippen MR) is 92.9 cm³/mol. The lowest BCUT2D eigenvalue weighted by molar-refractivity contribution is 0.0953. The van der Waals surface area contributed by atoms with Crippen molar-refractivity contribution in [2.24, 2.45) is 0 Å². The Labute approximate surface area is 143 Å². The van der Waals surface area contributed by atoms with Gasteiger partial charge in [0.1, 0.15) is 0 Å². The number of hydrogen-bond acceptors (Lipinski definition) is 2. The third kappa shape index (κ3) is 5.79. The zero-order valence-corrected chi connectivity index (χ0v) is 14.4. The SMILES string of the molecule is O=C(NCCCCCN1CCCCC1)c1ccc(Cl)cc1Cl. The number of benzene rings is 1. The Hall–Kier alpha value is -0.770. The molecule has 0 unspecified atom stereocenters. The minimum Gasteiger partial charge on any atom is -0.352 e. The average Bonchev–Trinajstić information content (AvgIpc) is 2.51. The average molecular weight is 343 g/mol. The quantitative estimate of drug-likeness (QED) is 0.745. The molecule has 1 aromatic carbocycles. The molecule has 0 spiro atoms. The molecule has 2 rings (SSSR count). The minimum atomic E-state index is -0.127. The maximum absolute atomic E-state index is 12.0. The summed E-state index contributed by atoms with van der Waals surface area (Å²) in [4.78, 5) is 14.6. The first-order chi connectivity index (χ1) is 10.7. The van der Waals surface area contributed by atoms with Gasteiger partial charge >= 0.3 is 0 Å². The molecule has 0 aliphatic carbocycles. The van der Waals surface area contributed by atoms with E-state index in [-0.39, 0.29) is 5.91 Å². The van der Waals surface area contributed by atoms with Crippen LogP contribution in [0.15, 0.2) is 18.2 Å². The van der Waals surface area contributed by atoms with E-state index in [2.05, 4.69) is 10.2 Å². The Morgan fingerprint density at radius 2 is 1.86 bits per heavy atom. The van der Waals surface area contributed by atoms with Crippen molar-refractivity contribution in [3.63, 3.8) is 0 Å². The van der Waals surface area contributed by atoms with Gasteiger partial charge in [0.15, 0.2) is 0 Å². The molecule has 0 bridgehead atoms. The largest absolute Gasteiger partial charge is 0.352 e. The summed E-state index contributed by atoms with van der Waals surface area (Å²) in [5.41, 5.74) is 0.486. The van der Waals surface area contributed by atoms with Crippen LogP contribution in [0.1, 0.15) is 48.9 Å². The van der Waals surface area contributed by atoms with Crippen LogP contribution in [0.25, 0.3) is 0 Å². The number of carbonyl (C=O) groups excluding carboxylic acids is 1. The summed E-state index contributed by atoms with van der Waals surface area (Å²) in [6.07, 6.45) is 7.43. The highest BCUT2D eigenvalue weighted by Gasteiger charge is 2.10. The van der Waals surface area contributed by atoms with Crippen LogP contribution in [0, 0.1) is 0 Å². The van der Waals surface area contributed by atoms with Gasteiger partial charge in [0.25, 0.3) is 5.91 Å². The number of unbranched alkanes of at least 4 members (excludes halogenated alkanes) is 2. The molecule has 22 heavy (non-hydrogen) atoms. The van der Waals surface area contributed by atoms with Crippen LogP contribution in [-0.4, -0.2) is 37.0 Å². The van der Waals surface area contributed by atoms with Crippen molar-refractivity contribution >= 4 is 29.1 Å². The third-order valence-electron chi connectivity index (χ3n) is 4.06. The van der Waals surface area contributed by atoms with Crippen molar-refractivity contribution in [3.8, 4) is 0 Å². The highest BCUT2D eigenvalue weighted by atomic mass is 35.5. The molecule has 1 saturated heterocycles. The molecular formula is C17H24Cl2N2O. The molecule has 0 radical (unpaired) electrons. The van der Waals surface area contributed by atoms with E-state index in [9.17, 15) is 4.79 Å². The van der Waals surface area contributed by atoms with Gasteiger partial charge < -0.3 is 10.2 Å². The Balaban J connectivity index is 1.59. The van der Waals surface area contributed by atoms with Crippen LogP contribution in [0.3, 0.4) is 0 Å². The molecule has 1 amide bonds. The normalized spacial score (nSPS) is 15.7. The predicted octanol–water partition coefficient (Wildman–Crippen LogP) is 4.38. The van der Waals surface area contributed by atoms with Gasteiger partial charge in [0, 0.05) is 11.6 Å². The van der Waals surface area contributed by atoms with Crippen LogP contribution < -0.4 is 5.32 Å². The second-order valence-electron chi connectivity index (χ2n) is 5.84. The summed E-state index contributed by atoms with van der Waals surface area (Å²) in [6, 6.07) is 4.94. The maximum Gasteiger partial charge on any atom is 0.252 e. The summed E-state index contributed by atoms with van der Waals surface area (Å²) < 4.78 is 0. The number of halogens is 2. The monoisotopic (exact) mass is 342 g/mol. The molecule has 1 heterocycles. The van der Waals surface area contributed by atoms with Crippen LogP contribution in [0.2, 0.25) is 10.0 Å². The van der Waals surface area contributed by atoms with Gasteiger partial charge in [-0.3, -0.25) is 4.79 Å². The van der Waals surface area contributed by atoms with Gasteiger partial charge in [0.2, 0.25) is 0 Å². The number of rotatable bonds is 7. The maximum atomic E-state index is 12.0. The molecule has 5 heteroatoms. The second kappa shape index (κ2) is 9.39. The van der Waals surface area contributed by atoms with Crippen molar-refractivity contribution in [1.29, 1.82) is 0 Å². The lowest BCUT2D eigenvalue weighted by Gasteiger charge is -2.26. The Bertz CT molecular complexity index is 488. The first-order valence-corrected chi connectivity index (χ1v) is 8.88. The number of carbonyl (C=O) groups is 1. The van der Waals surface area contributed by atoms with E-state index < -0.39 is 0 Å². The topological polar surface area (TPSA) is 32.3 Å². The fraction of sp³-hybridized carbons (Fsp3) is 0.588. The number of nitrogens with zero attached hydrogens (tertiary/aromatic N) is 1. The van der Waals surface area contributed by atoms with E-state index >= 15 is 0 Å². The molecule has 0 saturated carbocycles. The smallest absolute Gasteiger partial charge is 0.252 e. The Morgan fingerprint density at radius 1 is 1.09 bits per heavy atom. The second-order valence-corrected chi connectivity index (χ2v) is 6.69. The fourth-order valence-electron chi connectivity index (χ4n) is 2.79. The fourth-order valence-corrected chi connectivity index (χ4v) is 3.29. The van der Waals surface area contributed by atoms with E-state index in [1.807, 2.05) is 0 Å². The highest BCUT2D eigenvalue weighted by Crippen LogP contribution is 2.20. The number of likely N-dealkylation sites (tertiary alicyclic amines) is 1. The molecule has 122 valence electrons. The van der Waals surface area contributed by atoms with E-state index in [0.717, 1.165) is 12.8 Å². The molecule has 3 nitrogen and oxygen atoms in total. The third-order valence-corrected chi connectivity index (χ3v) is 4.61. The van der Waals surface area contributed by atoms with Crippen LogP contribution in [0.4, 0.5) is 0 Å². The van der Waals surface area contributed by atoms with Gasteiger partial charge in [-0.2, -0.15) is 0 Å². The van der Waals surface area contributed by atoms with E-state index in [4.69, 9.17) is 23.2 Å². The summed E-state index contributed by atoms with van der Waals surface area (Å²) in [5, 5.41) is 3.86. The number of hydrogen-bond donors (Lipinski definition) is 1. The summed E-state index contributed by atoms with van der Waals surface area (Å²) in [7, 11) is 0. The summed E-state index contributed by atoms with van der Waals surface area (Å²) in [5.74, 6) is -0.127. The molecule has 1 aliphatic heterocycles. The van der Waals surface area contributed by atoms with E-state index in [1.54, 1.807) is 18.2 Å². The molecule has 1 aromatic rings. The summed E-state index contributed by atoms with van der Waals surface area (Å²) in [6.45, 7) is 4.40. The molecule has 0 atom stereocenters. The molecule has 0 aromatic heterocycles. The lowest BCUT2D eigenvalue weighted by atomic mass is 10.1. The summed E-state index contributed by atoms with van der Waals surface area (Å²) >= 11 is 11.8. The Morgan fingerprint density at radius 3 is 2.59 bits per heavy atom. The van der Waals surface area contributed by atoms with Crippen molar-refractivity contribution in [2.45, 2.75) is 38.5 Å². The van der Waals surface area contributed by atoms with Crippen molar-refractivity contribution in [1.82, 2.24) is 10.2 Å². The number of piperidine rings is 1. The number of nitrogens with one attached hydrogen (secondary N) is 1. The lowest BCUT2D eigenvalue weighted by Crippen LogP contribution is -2.30.